The number of Topliss-reactive ketones (excluding diaryl/α,β-unsaturated/α-hetero) is 1. The fourth-order valence-corrected chi connectivity index (χ4v) is 4.52. The number of halogens is 2. The van der Waals surface area contributed by atoms with E-state index in [1.54, 1.807) is 30.3 Å². The SMILES string of the molecule is Cc1cc(OCc2c(Cl)cccc2Cl)cc2c1C(=O)/C(=C/c1cn(C)c3ccccc13)O2. The highest BCUT2D eigenvalue weighted by atomic mass is 35.5. The third-order valence-electron chi connectivity index (χ3n) is 5.60. The number of aryl methyl sites for hydroxylation is 2. The zero-order chi connectivity index (χ0) is 22.4. The van der Waals surface area contributed by atoms with Crippen LogP contribution < -0.4 is 9.47 Å². The maximum Gasteiger partial charge on any atom is 0.232 e. The second-order valence-corrected chi connectivity index (χ2v) is 8.57. The van der Waals surface area contributed by atoms with Crippen LogP contribution in [0.3, 0.4) is 0 Å². The van der Waals surface area contributed by atoms with Gasteiger partial charge in [-0.15, -0.1) is 0 Å². The van der Waals surface area contributed by atoms with Gasteiger partial charge in [-0.2, -0.15) is 0 Å². The number of ether oxygens (including phenoxy) is 2. The minimum Gasteiger partial charge on any atom is -0.489 e. The maximum atomic E-state index is 13.1. The Morgan fingerprint density at radius 3 is 2.59 bits per heavy atom. The van der Waals surface area contributed by atoms with E-state index in [2.05, 4.69) is 0 Å². The molecule has 5 rings (SSSR count). The van der Waals surface area contributed by atoms with Crippen LogP contribution in [-0.2, 0) is 13.7 Å². The van der Waals surface area contributed by atoms with Crippen molar-refractivity contribution in [3.63, 3.8) is 0 Å². The molecular formula is C26H19Cl2NO3. The second-order valence-electron chi connectivity index (χ2n) is 7.75. The zero-order valence-electron chi connectivity index (χ0n) is 17.5. The number of para-hydroxylation sites is 1. The van der Waals surface area contributed by atoms with E-state index in [0.717, 1.165) is 22.0 Å². The largest absolute Gasteiger partial charge is 0.489 e. The number of ketones is 1. The zero-order valence-corrected chi connectivity index (χ0v) is 19.0. The third kappa shape index (κ3) is 3.56. The summed E-state index contributed by atoms with van der Waals surface area (Å²) in [5.41, 5.74) is 4.07. The Kier molecular flexibility index (Phi) is 5.20. The molecule has 0 saturated carbocycles. The highest BCUT2D eigenvalue weighted by molar-refractivity contribution is 6.35. The van der Waals surface area contributed by atoms with Gasteiger partial charge in [-0.25, -0.2) is 0 Å². The first-order chi connectivity index (χ1) is 15.4. The van der Waals surface area contributed by atoms with E-state index in [1.807, 2.05) is 55.1 Å². The normalized spacial score (nSPS) is 14.1. The predicted molar refractivity (Wildman–Crippen MR) is 128 cm³/mol. The van der Waals surface area contributed by atoms with E-state index in [4.69, 9.17) is 32.7 Å². The number of rotatable bonds is 4. The summed E-state index contributed by atoms with van der Waals surface area (Å²) in [5.74, 6) is 1.23. The number of aromatic nitrogens is 1. The molecule has 2 heterocycles. The van der Waals surface area contributed by atoms with Crippen LogP contribution in [0.4, 0.5) is 0 Å². The van der Waals surface area contributed by atoms with E-state index in [0.29, 0.717) is 38.4 Å². The lowest BCUT2D eigenvalue weighted by molar-refractivity contribution is 0.101. The number of carbonyl (C=O) groups excluding carboxylic acids is 1. The molecule has 4 aromatic rings. The minimum atomic E-state index is -0.133. The number of benzene rings is 3. The molecule has 3 aromatic carbocycles. The maximum absolute atomic E-state index is 13.1. The average molecular weight is 464 g/mol. The molecule has 0 radical (unpaired) electrons. The van der Waals surface area contributed by atoms with Gasteiger partial charge in [0.05, 0.1) is 5.56 Å². The summed E-state index contributed by atoms with van der Waals surface area (Å²) in [7, 11) is 1.98. The van der Waals surface area contributed by atoms with Crippen LogP contribution in [0.2, 0.25) is 10.0 Å². The molecule has 32 heavy (non-hydrogen) atoms. The molecule has 4 nitrogen and oxygen atoms in total. The summed E-state index contributed by atoms with van der Waals surface area (Å²) >= 11 is 12.5. The van der Waals surface area contributed by atoms with Gasteiger partial charge in [0, 0.05) is 51.4 Å². The van der Waals surface area contributed by atoms with Crippen molar-refractivity contribution >= 4 is 46.0 Å². The van der Waals surface area contributed by atoms with E-state index >= 15 is 0 Å². The quantitative estimate of drug-likeness (QED) is 0.306. The summed E-state index contributed by atoms with van der Waals surface area (Å²) < 4.78 is 13.9. The van der Waals surface area contributed by atoms with Gasteiger partial charge in [0.25, 0.3) is 0 Å². The van der Waals surface area contributed by atoms with Crippen molar-refractivity contribution in [2.24, 2.45) is 7.05 Å². The van der Waals surface area contributed by atoms with Crippen LogP contribution in [0.1, 0.15) is 27.0 Å². The average Bonchev–Trinajstić information content (AvgIpc) is 3.25. The first kappa shape index (κ1) is 20.7. The van der Waals surface area contributed by atoms with E-state index in [1.165, 1.54) is 0 Å². The summed E-state index contributed by atoms with van der Waals surface area (Å²) in [5, 5.41) is 2.15. The fourth-order valence-electron chi connectivity index (χ4n) is 4.02. The Hall–Kier alpha value is -3.21. The number of nitrogens with zero attached hydrogens (tertiary/aromatic N) is 1. The molecular weight excluding hydrogens is 445 g/mol. The molecule has 1 aliphatic heterocycles. The summed E-state index contributed by atoms with van der Waals surface area (Å²) in [6.07, 6.45) is 3.79. The molecule has 0 bridgehead atoms. The summed E-state index contributed by atoms with van der Waals surface area (Å²) in [4.78, 5) is 13.1. The van der Waals surface area contributed by atoms with Crippen LogP contribution in [0.5, 0.6) is 11.5 Å². The van der Waals surface area contributed by atoms with Gasteiger partial charge in [-0.3, -0.25) is 4.79 Å². The standard InChI is InChI=1S/C26H19Cl2NO3/c1-15-10-17(31-14-19-20(27)7-5-8-21(19)28)12-23-25(15)26(30)24(32-23)11-16-13-29(2)22-9-4-3-6-18(16)22/h3-13H,14H2,1-2H3/b24-11-. The first-order valence-electron chi connectivity index (χ1n) is 10.1. The number of fused-ring (bicyclic) bond motifs is 2. The summed E-state index contributed by atoms with van der Waals surface area (Å²) in [6.45, 7) is 2.08. The van der Waals surface area contributed by atoms with Gasteiger partial charge >= 0.3 is 0 Å². The lowest BCUT2D eigenvalue weighted by Crippen LogP contribution is -2.00. The fraction of sp³-hybridized carbons (Fsp3) is 0.115. The third-order valence-corrected chi connectivity index (χ3v) is 6.31. The highest BCUT2D eigenvalue weighted by Crippen LogP contribution is 2.38. The molecule has 6 heteroatoms. The molecule has 160 valence electrons. The van der Waals surface area contributed by atoms with Crippen LogP contribution >= 0.6 is 23.2 Å². The lowest BCUT2D eigenvalue weighted by atomic mass is 10.0. The molecule has 0 spiro atoms. The van der Waals surface area contributed by atoms with E-state index in [-0.39, 0.29) is 12.4 Å². The monoisotopic (exact) mass is 463 g/mol. The van der Waals surface area contributed by atoms with Crippen LogP contribution in [-0.4, -0.2) is 10.4 Å². The molecule has 0 atom stereocenters. The van der Waals surface area contributed by atoms with Gasteiger partial charge in [0.1, 0.15) is 18.1 Å². The Labute approximate surface area is 195 Å². The van der Waals surface area contributed by atoms with E-state index < -0.39 is 0 Å². The molecule has 0 amide bonds. The Balaban J connectivity index is 1.44. The first-order valence-corrected chi connectivity index (χ1v) is 10.9. The molecule has 1 aliphatic rings. The van der Waals surface area contributed by atoms with Crippen LogP contribution in [0.15, 0.2) is 66.6 Å². The summed E-state index contributed by atoms with van der Waals surface area (Å²) in [6, 6.07) is 16.9. The van der Waals surface area contributed by atoms with Gasteiger partial charge in [0.2, 0.25) is 5.78 Å². The topological polar surface area (TPSA) is 40.5 Å². The van der Waals surface area contributed by atoms with E-state index in [9.17, 15) is 4.79 Å². The van der Waals surface area contributed by atoms with Crippen LogP contribution in [0.25, 0.3) is 17.0 Å². The highest BCUT2D eigenvalue weighted by Gasteiger charge is 2.30. The van der Waals surface area contributed by atoms with Gasteiger partial charge in [-0.1, -0.05) is 47.5 Å². The minimum absolute atomic E-state index is 0.133. The van der Waals surface area contributed by atoms with Gasteiger partial charge < -0.3 is 14.0 Å². The lowest BCUT2D eigenvalue weighted by Gasteiger charge is -2.11. The molecule has 0 saturated heterocycles. The van der Waals surface area contributed by atoms with Crippen LogP contribution in [0, 0.1) is 6.92 Å². The van der Waals surface area contributed by atoms with Crippen molar-refractivity contribution in [3.8, 4) is 11.5 Å². The van der Waals surface area contributed by atoms with Gasteiger partial charge in [0.15, 0.2) is 5.76 Å². The molecule has 1 aromatic heterocycles. The molecule has 0 aliphatic carbocycles. The number of allylic oxidation sites excluding steroid dienone is 1. The Morgan fingerprint density at radius 1 is 1.06 bits per heavy atom. The van der Waals surface area contributed by atoms with Crippen molar-refractivity contribution in [2.75, 3.05) is 0 Å². The van der Waals surface area contributed by atoms with Crippen molar-refractivity contribution in [1.29, 1.82) is 0 Å². The molecule has 0 unspecified atom stereocenters. The van der Waals surface area contributed by atoms with Crippen molar-refractivity contribution in [1.82, 2.24) is 4.57 Å². The Morgan fingerprint density at radius 2 is 1.81 bits per heavy atom. The van der Waals surface area contributed by atoms with Crippen molar-refractivity contribution in [2.45, 2.75) is 13.5 Å². The molecule has 0 fully saturated rings. The van der Waals surface area contributed by atoms with Crippen molar-refractivity contribution in [3.05, 3.63) is 98.9 Å². The smallest absolute Gasteiger partial charge is 0.232 e. The van der Waals surface area contributed by atoms with Crippen molar-refractivity contribution < 1.29 is 14.3 Å². The van der Waals surface area contributed by atoms with Gasteiger partial charge in [-0.05, 0) is 42.8 Å². The molecule has 0 N–H and O–H groups in total. The predicted octanol–water partition coefficient (Wildman–Crippen LogP) is 6.99. The second kappa shape index (κ2) is 8.05. The number of carbonyl (C=O) groups is 1. The number of hydrogen-bond donors (Lipinski definition) is 0. The Bertz CT molecular complexity index is 1400. The number of hydrogen-bond acceptors (Lipinski definition) is 3.